The Labute approximate surface area is 204 Å². The van der Waals surface area contributed by atoms with Crippen molar-refractivity contribution in [1.82, 2.24) is 15.1 Å². The van der Waals surface area contributed by atoms with E-state index in [1.54, 1.807) is 0 Å². The second-order valence-electron chi connectivity index (χ2n) is 7.88. The number of guanidine groups is 1. The first kappa shape index (κ1) is 26.2. The van der Waals surface area contributed by atoms with E-state index in [4.69, 9.17) is 19.2 Å². The fraction of sp³-hybridized carbons (Fsp3) is 0.696. The van der Waals surface area contributed by atoms with Gasteiger partial charge in [0.2, 0.25) is 0 Å². The molecular formula is C23H39IN4O3. The van der Waals surface area contributed by atoms with Crippen LogP contribution < -0.4 is 10.1 Å². The molecule has 1 unspecified atom stereocenters. The average molecular weight is 546 g/mol. The first-order valence-corrected chi connectivity index (χ1v) is 11.4. The molecule has 1 atom stereocenters. The molecule has 0 radical (unpaired) electrons. The Balaban J connectivity index is 0.00000341. The molecule has 2 saturated heterocycles. The number of aliphatic imine (C=N–C) groups is 1. The van der Waals surface area contributed by atoms with E-state index in [-0.39, 0.29) is 24.0 Å². The fourth-order valence-corrected chi connectivity index (χ4v) is 3.73. The highest BCUT2D eigenvalue weighted by Gasteiger charge is 2.19. The molecule has 3 rings (SSSR count). The molecule has 176 valence electrons. The van der Waals surface area contributed by atoms with Gasteiger partial charge in [-0.2, -0.15) is 0 Å². The van der Waals surface area contributed by atoms with Crippen molar-refractivity contribution in [3.05, 3.63) is 30.3 Å². The van der Waals surface area contributed by atoms with Crippen molar-refractivity contribution < 1.29 is 14.2 Å². The quantitative estimate of drug-likeness (QED) is 0.200. The third-order valence-corrected chi connectivity index (χ3v) is 5.51. The summed E-state index contributed by atoms with van der Waals surface area (Å²) in [5.74, 6) is 2.56. The zero-order chi connectivity index (χ0) is 20.9. The van der Waals surface area contributed by atoms with E-state index in [1.807, 2.05) is 30.3 Å². The maximum atomic E-state index is 5.83. The van der Waals surface area contributed by atoms with Crippen molar-refractivity contribution in [3.63, 3.8) is 0 Å². The highest BCUT2D eigenvalue weighted by atomic mass is 127. The molecular weight excluding hydrogens is 507 g/mol. The van der Waals surface area contributed by atoms with Crippen molar-refractivity contribution >= 4 is 29.9 Å². The van der Waals surface area contributed by atoms with E-state index in [9.17, 15) is 0 Å². The van der Waals surface area contributed by atoms with Gasteiger partial charge in [-0.15, -0.1) is 24.0 Å². The second kappa shape index (κ2) is 15.7. The standard InChI is InChI=1S/C23H38N4O3.HI/c1-2-24-23(25-10-6-16-28-19-21-9-17-29-20-21)27-13-11-26(12-14-27)15-18-30-22-7-4-3-5-8-22;/h3-5,7-8,21H,2,6,9-20H2,1H3,(H,24,25);1H. The topological polar surface area (TPSA) is 58.6 Å². The van der Waals surface area contributed by atoms with Gasteiger partial charge in [0.25, 0.3) is 0 Å². The Kier molecular flexibility index (Phi) is 13.2. The molecule has 0 aliphatic carbocycles. The molecule has 1 aromatic carbocycles. The number of benzene rings is 1. The van der Waals surface area contributed by atoms with Gasteiger partial charge in [-0.25, -0.2) is 0 Å². The summed E-state index contributed by atoms with van der Waals surface area (Å²) in [6.45, 7) is 12.9. The van der Waals surface area contributed by atoms with Crippen LogP contribution in [0.5, 0.6) is 5.75 Å². The zero-order valence-electron chi connectivity index (χ0n) is 18.8. The van der Waals surface area contributed by atoms with Gasteiger partial charge in [-0.05, 0) is 31.9 Å². The number of nitrogens with zero attached hydrogens (tertiary/aromatic N) is 3. The number of rotatable bonds is 11. The Bertz CT molecular complexity index is 606. The lowest BCUT2D eigenvalue weighted by molar-refractivity contribution is 0.0892. The highest BCUT2D eigenvalue weighted by molar-refractivity contribution is 14.0. The smallest absolute Gasteiger partial charge is 0.194 e. The minimum atomic E-state index is 0. The van der Waals surface area contributed by atoms with Crippen LogP contribution >= 0.6 is 24.0 Å². The Hall–Kier alpha value is -1.10. The first-order chi connectivity index (χ1) is 14.8. The van der Waals surface area contributed by atoms with E-state index >= 15 is 0 Å². The molecule has 0 amide bonds. The molecule has 1 aromatic rings. The summed E-state index contributed by atoms with van der Waals surface area (Å²) in [5.41, 5.74) is 0. The number of hydrogen-bond donors (Lipinski definition) is 1. The largest absolute Gasteiger partial charge is 0.492 e. The van der Waals surface area contributed by atoms with Crippen LogP contribution in [-0.4, -0.2) is 94.6 Å². The fourth-order valence-electron chi connectivity index (χ4n) is 3.73. The normalized spacial score (nSPS) is 19.8. The van der Waals surface area contributed by atoms with E-state index in [1.165, 1.54) is 0 Å². The minimum absolute atomic E-state index is 0. The van der Waals surface area contributed by atoms with Crippen molar-refractivity contribution in [1.29, 1.82) is 0 Å². The van der Waals surface area contributed by atoms with Gasteiger partial charge in [-0.1, -0.05) is 18.2 Å². The summed E-state index contributed by atoms with van der Waals surface area (Å²) in [6.07, 6.45) is 2.09. The summed E-state index contributed by atoms with van der Waals surface area (Å²) < 4.78 is 17.0. The SMILES string of the molecule is CCNC(=NCCCOCC1CCOC1)N1CCN(CCOc2ccccc2)CC1.I. The second-order valence-corrected chi connectivity index (χ2v) is 7.88. The predicted octanol–water partition coefficient (Wildman–Crippen LogP) is 2.71. The predicted molar refractivity (Wildman–Crippen MR) is 136 cm³/mol. The Morgan fingerprint density at radius 3 is 2.68 bits per heavy atom. The molecule has 8 heteroatoms. The van der Waals surface area contributed by atoms with E-state index in [0.29, 0.717) is 5.92 Å². The van der Waals surface area contributed by atoms with Crippen LogP contribution in [0.1, 0.15) is 19.8 Å². The van der Waals surface area contributed by atoms with Crippen LogP contribution in [0.2, 0.25) is 0 Å². The number of halogens is 1. The van der Waals surface area contributed by atoms with Crippen LogP contribution in [0, 0.1) is 5.92 Å². The maximum absolute atomic E-state index is 5.83. The number of para-hydroxylation sites is 1. The molecule has 0 aromatic heterocycles. The van der Waals surface area contributed by atoms with Crippen LogP contribution in [-0.2, 0) is 9.47 Å². The molecule has 2 aliphatic heterocycles. The van der Waals surface area contributed by atoms with Gasteiger partial charge in [0.1, 0.15) is 12.4 Å². The lowest BCUT2D eigenvalue weighted by atomic mass is 10.1. The lowest BCUT2D eigenvalue weighted by Crippen LogP contribution is -2.53. The monoisotopic (exact) mass is 546 g/mol. The maximum Gasteiger partial charge on any atom is 0.194 e. The molecule has 2 heterocycles. The molecule has 2 fully saturated rings. The number of nitrogens with one attached hydrogen (secondary N) is 1. The number of ether oxygens (including phenoxy) is 3. The third kappa shape index (κ3) is 9.93. The Morgan fingerprint density at radius 1 is 1.16 bits per heavy atom. The number of piperazine rings is 1. The van der Waals surface area contributed by atoms with Crippen molar-refractivity contribution in [2.24, 2.45) is 10.9 Å². The molecule has 0 bridgehead atoms. The summed E-state index contributed by atoms with van der Waals surface area (Å²) in [6, 6.07) is 10.0. The number of hydrogen-bond acceptors (Lipinski definition) is 5. The third-order valence-electron chi connectivity index (χ3n) is 5.51. The zero-order valence-corrected chi connectivity index (χ0v) is 21.2. The van der Waals surface area contributed by atoms with Crippen LogP contribution in [0.4, 0.5) is 0 Å². The lowest BCUT2D eigenvalue weighted by Gasteiger charge is -2.36. The molecule has 7 nitrogen and oxygen atoms in total. The van der Waals surface area contributed by atoms with Crippen molar-refractivity contribution in [2.75, 3.05) is 78.8 Å². The van der Waals surface area contributed by atoms with Crippen molar-refractivity contribution in [3.8, 4) is 5.75 Å². The molecule has 1 N–H and O–H groups in total. The first-order valence-electron chi connectivity index (χ1n) is 11.4. The molecule has 0 spiro atoms. The Morgan fingerprint density at radius 2 is 1.97 bits per heavy atom. The van der Waals surface area contributed by atoms with Gasteiger partial charge in [-0.3, -0.25) is 9.89 Å². The molecule has 0 saturated carbocycles. The molecule has 31 heavy (non-hydrogen) atoms. The summed E-state index contributed by atoms with van der Waals surface area (Å²) >= 11 is 0. The highest BCUT2D eigenvalue weighted by Crippen LogP contribution is 2.12. The van der Waals surface area contributed by atoms with Gasteiger partial charge in [0.05, 0.1) is 13.2 Å². The minimum Gasteiger partial charge on any atom is -0.492 e. The van der Waals surface area contributed by atoms with Gasteiger partial charge >= 0.3 is 0 Å². The summed E-state index contributed by atoms with van der Waals surface area (Å²) in [4.78, 5) is 9.65. The summed E-state index contributed by atoms with van der Waals surface area (Å²) in [7, 11) is 0. The van der Waals surface area contributed by atoms with E-state index < -0.39 is 0 Å². The van der Waals surface area contributed by atoms with Gasteiger partial charge < -0.3 is 24.4 Å². The van der Waals surface area contributed by atoms with E-state index in [0.717, 1.165) is 103 Å². The average Bonchev–Trinajstić information content (AvgIpc) is 3.30. The summed E-state index contributed by atoms with van der Waals surface area (Å²) in [5, 5.41) is 3.44. The van der Waals surface area contributed by atoms with Crippen LogP contribution in [0.25, 0.3) is 0 Å². The van der Waals surface area contributed by atoms with Crippen LogP contribution in [0.3, 0.4) is 0 Å². The van der Waals surface area contributed by atoms with E-state index in [2.05, 4.69) is 22.0 Å². The molecule has 2 aliphatic rings. The van der Waals surface area contributed by atoms with Gasteiger partial charge in [0.15, 0.2) is 5.96 Å². The van der Waals surface area contributed by atoms with Gasteiger partial charge in [0, 0.05) is 64.9 Å². The van der Waals surface area contributed by atoms with Crippen molar-refractivity contribution in [2.45, 2.75) is 19.8 Å². The van der Waals surface area contributed by atoms with Crippen LogP contribution in [0.15, 0.2) is 35.3 Å².